The number of benzene rings is 2. The minimum Gasteiger partial charge on any atom is -0.496 e. The third kappa shape index (κ3) is 4.37. The van der Waals surface area contributed by atoms with Gasteiger partial charge < -0.3 is 19.3 Å². The lowest BCUT2D eigenvalue weighted by Crippen LogP contribution is -2.49. The van der Waals surface area contributed by atoms with Gasteiger partial charge in [-0.2, -0.15) is 4.98 Å². The molecule has 2 heterocycles. The lowest BCUT2D eigenvalue weighted by atomic mass is 9.94. The van der Waals surface area contributed by atoms with Gasteiger partial charge in [-0.05, 0) is 30.3 Å². The number of carboxylic acid groups (broad SMARTS) is 1. The van der Waals surface area contributed by atoms with Gasteiger partial charge in [-0.25, -0.2) is 14.2 Å². The van der Waals surface area contributed by atoms with Crippen molar-refractivity contribution in [1.82, 2.24) is 9.97 Å². The first kappa shape index (κ1) is 22.0. The molecule has 1 N–H and O–H groups in total. The number of methoxy groups -OCH3 is 1. The van der Waals surface area contributed by atoms with Crippen LogP contribution in [0.15, 0.2) is 48.5 Å². The topological polar surface area (TPSA) is 90.8 Å². The number of hydrogen-bond donors (Lipinski definition) is 1. The van der Waals surface area contributed by atoms with Gasteiger partial charge in [0.2, 0.25) is 11.5 Å². The smallest absolute Gasteiger partial charge is 0.348 e. The van der Waals surface area contributed by atoms with Crippen LogP contribution in [0.2, 0.25) is 5.02 Å². The molecule has 1 fully saturated rings. The van der Waals surface area contributed by atoms with Crippen LogP contribution < -0.4 is 9.47 Å². The van der Waals surface area contributed by atoms with Gasteiger partial charge >= 0.3 is 5.97 Å². The lowest BCUT2D eigenvalue weighted by Gasteiger charge is -2.33. The Morgan fingerprint density at radius 2 is 1.91 bits per heavy atom. The van der Waals surface area contributed by atoms with Crippen LogP contribution in [0.3, 0.4) is 0 Å². The molecule has 4 rings (SSSR count). The highest BCUT2D eigenvalue weighted by Gasteiger charge is 2.43. The van der Waals surface area contributed by atoms with Gasteiger partial charge in [0, 0.05) is 30.0 Å². The molecule has 1 saturated heterocycles. The zero-order chi connectivity index (χ0) is 22.7. The highest BCUT2D eigenvalue weighted by atomic mass is 35.5. The number of rotatable bonds is 6. The monoisotopic (exact) mass is 458 g/mol. The van der Waals surface area contributed by atoms with Gasteiger partial charge in [-0.1, -0.05) is 23.7 Å². The summed E-state index contributed by atoms with van der Waals surface area (Å²) < 4.78 is 30.8. The molecule has 1 aliphatic rings. The van der Waals surface area contributed by atoms with E-state index in [2.05, 4.69) is 9.97 Å². The highest BCUT2D eigenvalue weighted by Crippen LogP contribution is 2.35. The molecule has 166 valence electrons. The SMILES string of the molecule is COc1ccccc1-c1cc(OC2(C(=O)O)CCOCC2)nc(-c2ccc(Cl)c(F)c2)n1. The van der Waals surface area contributed by atoms with Gasteiger partial charge in [0.25, 0.3) is 0 Å². The van der Waals surface area contributed by atoms with Crippen LogP contribution in [0.25, 0.3) is 22.6 Å². The quantitative estimate of drug-likeness (QED) is 0.576. The molecule has 0 bridgehead atoms. The number of hydrogen-bond acceptors (Lipinski definition) is 6. The average Bonchev–Trinajstić information content (AvgIpc) is 2.81. The molecule has 0 unspecified atom stereocenters. The van der Waals surface area contributed by atoms with Crippen LogP contribution in [-0.4, -0.2) is 47.0 Å². The summed E-state index contributed by atoms with van der Waals surface area (Å²) in [5.41, 5.74) is -0.0304. The minimum atomic E-state index is -1.48. The third-order valence-electron chi connectivity index (χ3n) is 5.25. The van der Waals surface area contributed by atoms with E-state index in [0.717, 1.165) is 0 Å². The third-order valence-corrected chi connectivity index (χ3v) is 5.56. The van der Waals surface area contributed by atoms with Crippen molar-refractivity contribution in [2.24, 2.45) is 0 Å². The van der Waals surface area contributed by atoms with Gasteiger partial charge in [-0.3, -0.25) is 0 Å². The Kier molecular flexibility index (Phi) is 6.25. The molecule has 3 aromatic rings. The number of halogens is 2. The standard InChI is InChI=1S/C23H20ClFN2O5/c1-30-19-5-3-2-4-15(19)18-13-20(32-23(22(28)29)8-10-31-11-9-23)27-21(26-18)14-6-7-16(24)17(25)12-14/h2-7,12-13H,8-11H2,1H3,(H,28,29). The fourth-order valence-corrected chi connectivity index (χ4v) is 3.61. The van der Waals surface area contributed by atoms with E-state index in [9.17, 15) is 14.3 Å². The first-order valence-corrected chi connectivity index (χ1v) is 10.3. The second kappa shape index (κ2) is 9.10. The predicted molar refractivity (Wildman–Crippen MR) is 115 cm³/mol. The van der Waals surface area contributed by atoms with E-state index in [0.29, 0.717) is 22.6 Å². The van der Waals surface area contributed by atoms with Gasteiger partial charge in [0.05, 0.1) is 31.0 Å². The van der Waals surface area contributed by atoms with E-state index in [1.54, 1.807) is 24.3 Å². The fourth-order valence-electron chi connectivity index (χ4n) is 3.50. The van der Waals surface area contributed by atoms with Gasteiger partial charge in [0.1, 0.15) is 11.6 Å². The molecular weight excluding hydrogens is 439 g/mol. The molecule has 0 radical (unpaired) electrons. The van der Waals surface area contributed by atoms with Crippen molar-refractivity contribution in [3.8, 4) is 34.3 Å². The predicted octanol–water partition coefficient (Wildman–Crippen LogP) is 4.62. The molecule has 0 saturated carbocycles. The number of para-hydroxylation sites is 1. The van der Waals surface area contributed by atoms with Crippen LogP contribution >= 0.6 is 11.6 Å². The minimum absolute atomic E-state index is 0.0295. The summed E-state index contributed by atoms with van der Waals surface area (Å²) in [5, 5.41) is 9.83. The first-order chi connectivity index (χ1) is 15.4. The van der Waals surface area contributed by atoms with Gasteiger partial charge in [-0.15, -0.1) is 0 Å². The van der Waals surface area contributed by atoms with E-state index in [4.69, 9.17) is 25.8 Å². The van der Waals surface area contributed by atoms with Crippen LogP contribution in [0.1, 0.15) is 12.8 Å². The summed E-state index contributed by atoms with van der Waals surface area (Å²) in [6.07, 6.45) is 0.336. The average molecular weight is 459 g/mol. The molecular formula is C23H20ClFN2O5. The molecule has 2 aromatic carbocycles. The maximum absolute atomic E-state index is 14.1. The normalized spacial score (nSPS) is 15.2. The van der Waals surface area contributed by atoms with E-state index in [-0.39, 0.29) is 42.8 Å². The fraction of sp³-hybridized carbons (Fsp3) is 0.261. The molecule has 0 amide bonds. The number of nitrogens with zero attached hydrogens (tertiary/aromatic N) is 2. The van der Waals surface area contributed by atoms with Crippen molar-refractivity contribution in [1.29, 1.82) is 0 Å². The van der Waals surface area contributed by atoms with Crippen molar-refractivity contribution in [2.75, 3.05) is 20.3 Å². The Bertz CT molecular complexity index is 1150. The molecule has 1 aliphatic heterocycles. The van der Waals surface area contributed by atoms with E-state index < -0.39 is 17.4 Å². The molecule has 0 spiro atoms. The van der Waals surface area contributed by atoms with Crippen molar-refractivity contribution in [2.45, 2.75) is 18.4 Å². The van der Waals surface area contributed by atoms with E-state index >= 15 is 0 Å². The Balaban J connectivity index is 1.85. The van der Waals surface area contributed by atoms with Crippen LogP contribution in [0.4, 0.5) is 4.39 Å². The first-order valence-electron chi connectivity index (χ1n) is 9.90. The summed E-state index contributed by atoms with van der Waals surface area (Å²) >= 11 is 5.81. The number of aliphatic carboxylic acids is 1. The van der Waals surface area contributed by atoms with Crippen LogP contribution in [0, 0.1) is 5.82 Å². The van der Waals surface area contributed by atoms with Gasteiger partial charge in [0.15, 0.2) is 5.82 Å². The maximum Gasteiger partial charge on any atom is 0.348 e. The maximum atomic E-state index is 14.1. The van der Waals surface area contributed by atoms with Crippen molar-refractivity contribution in [3.05, 3.63) is 59.4 Å². The number of aromatic nitrogens is 2. The zero-order valence-electron chi connectivity index (χ0n) is 17.2. The Labute approximate surface area is 188 Å². The van der Waals surface area contributed by atoms with Crippen LogP contribution in [0.5, 0.6) is 11.6 Å². The molecule has 9 heteroatoms. The Hall–Kier alpha value is -3.23. The lowest BCUT2D eigenvalue weighted by molar-refractivity contribution is -0.164. The summed E-state index contributed by atoms with van der Waals surface area (Å²) in [6.45, 7) is 0.512. The Morgan fingerprint density at radius 3 is 2.59 bits per heavy atom. The molecule has 32 heavy (non-hydrogen) atoms. The van der Waals surface area contributed by atoms with E-state index in [1.165, 1.54) is 19.2 Å². The molecule has 0 aliphatic carbocycles. The van der Waals surface area contributed by atoms with Crippen molar-refractivity contribution in [3.63, 3.8) is 0 Å². The van der Waals surface area contributed by atoms with E-state index in [1.807, 2.05) is 12.1 Å². The summed E-state index contributed by atoms with van der Waals surface area (Å²) in [5.74, 6) is -0.951. The largest absolute Gasteiger partial charge is 0.496 e. The van der Waals surface area contributed by atoms with Crippen LogP contribution in [-0.2, 0) is 9.53 Å². The number of carboxylic acids is 1. The number of ether oxygens (including phenoxy) is 3. The van der Waals surface area contributed by atoms with Crippen molar-refractivity contribution < 1.29 is 28.5 Å². The second-order valence-electron chi connectivity index (χ2n) is 7.26. The molecule has 7 nitrogen and oxygen atoms in total. The summed E-state index contributed by atoms with van der Waals surface area (Å²) in [4.78, 5) is 21.0. The highest BCUT2D eigenvalue weighted by molar-refractivity contribution is 6.30. The number of carbonyl (C=O) groups is 1. The Morgan fingerprint density at radius 1 is 1.16 bits per heavy atom. The zero-order valence-corrected chi connectivity index (χ0v) is 17.9. The molecule has 1 aromatic heterocycles. The summed E-state index contributed by atoms with van der Waals surface area (Å²) in [6, 6.07) is 13.0. The van der Waals surface area contributed by atoms with Crippen molar-refractivity contribution >= 4 is 17.6 Å². The summed E-state index contributed by atoms with van der Waals surface area (Å²) in [7, 11) is 1.54. The molecule has 0 atom stereocenters. The second-order valence-corrected chi connectivity index (χ2v) is 7.67.